The Balaban J connectivity index is 1.63. The summed E-state index contributed by atoms with van der Waals surface area (Å²) in [5.74, 6) is 0. The van der Waals surface area contributed by atoms with Gasteiger partial charge in [0.2, 0.25) is 0 Å². The van der Waals surface area contributed by atoms with Crippen LogP contribution >= 0.6 is 0 Å². The van der Waals surface area contributed by atoms with Gasteiger partial charge in [-0.05, 0) is 18.4 Å². The van der Waals surface area contributed by atoms with E-state index < -0.39 is 0 Å². The molecule has 2 aliphatic rings. The Morgan fingerprint density at radius 2 is 2.11 bits per heavy atom. The minimum atomic E-state index is 0.559. The van der Waals surface area contributed by atoms with Crippen molar-refractivity contribution >= 4 is 0 Å². The molecule has 1 fully saturated rings. The van der Waals surface area contributed by atoms with Crippen LogP contribution in [-0.4, -0.2) is 15.8 Å². The van der Waals surface area contributed by atoms with Gasteiger partial charge in [0.05, 0.1) is 12.2 Å². The maximum absolute atomic E-state index is 4.76. The highest BCUT2D eigenvalue weighted by molar-refractivity contribution is 5.28. The molecule has 1 N–H and O–H groups in total. The molecule has 1 aromatic carbocycles. The third kappa shape index (κ3) is 1.66. The Labute approximate surface area is 107 Å². The lowest BCUT2D eigenvalue weighted by Crippen LogP contribution is -2.31. The van der Waals surface area contributed by atoms with E-state index in [0.29, 0.717) is 12.1 Å². The van der Waals surface area contributed by atoms with E-state index in [2.05, 4.69) is 46.5 Å². The number of hydrogen-bond donors (Lipinski definition) is 1. The zero-order valence-electron chi connectivity index (χ0n) is 10.3. The Kier molecular flexibility index (Phi) is 2.27. The molecule has 2 atom stereocenters. The summed E-state index contributed by atoms with van der Waals surface area (Å²) in [6.45, 7) is 0.880. The van der Waals surface area contributed by atoms with Crippen molar-refractivity contribution in [3.63, 3.8) is 0 Å². The van der Waals surface area contributed by atoms with Crippen LogP contribution in [0.5, 0.6) is 0 Å². The second-order valence-electron chi connectivity index (χ2n) is 5.41. The van der Waals surface area contributed by atoms with E-state index in [1.807, 2.05) is 0 Å². The third-order valence-electron chi connectivity index (χ3n) is 4.11. The van der Waals surface area contributed by atoms with Crippen LogP contribution in [0.3, 0.4) is 0 Å². The molecule has 18 heavy (non-hydrogen) atoms. The Bertz CT molecular complexity index is 558. The molecule has 0 spiro atoms. The van der Waals surface area contributed by atoms with E-state index in [1.165, 1.54) is 29.7 Å². The van der Waals surface area contributed by atoms with Gasteiger partial charge in [0.15, 0.2) is 0 Å². The maximum Gasteiger partial charge on any atom is 0.0688 e. The number of rotatable bonds is 2. The van der Waals surface area contributed by atoms with E-state index in [4.69, 9.17) is 5.10 Å². The predicted molar refractivity (Wildman–Crippen MR) is 70.4 cm³/mol. The monoisotopic (exact) mass is 239 g/mol. The number of nitrogens with zero attached hydrogens (tertiary/aromatic N) is 2. The van der Waals surface area contributed by atoms with Gasteiger partial charge < -0.3 is 5.32 Å². The smallest absolute Gasteiger partial charge is 0.0688 e. The molecule has 3 nitrogen and oxygen atoms in total. The maximum atomic E-state index is 4.76. The van der Waals surface area contributed by atoms with E-state index in [-0.39, 0.29) is 0 Å². The van der Waals surface area contributed by atoms with Gasteiger partial charge in [-0.25, -0.2) is 0 Å². The molecule has 0 amide bonds. The molecule has 1 aromatic heterocycles. The van der Waals surface area contributed by atoms with Gasteiger partial charge in [-0.15, -0.1) is 0 Å². The van der Waals surface area contributed by atoms with Crippen LogP contribution in [0.25, 0.3) is 0 Å². The summed E-state index contributed by atoms with van der Waals surface area (Å²) in [7, 11) is 0. The van der Waals surface area contributed by atoms with Gasteiger partial charge in [-0.1, -0.05) is 30.3 Å². The lowest BCUT2D eigenvalue weighted by atomic mass is 10.0. The topological polar surface area (TPSA) is 29.9 Å². The first-order chi connectivity index (χ1) is 8.88. The lowest BCUT2D eigenvalue weighted by molar-refractivity contribution is 0.509. The first kappa shape index (κ1) is 10.3. The average molecular weight is 239 g/mol. The van der Waals surface area contributed by atoms with E-state index in [1.54, 1.807) is 0 Å². The molecule has 2 aromatic rings. The largest absolute Gasteiger partial charge is 0.307 e. The molecular weight excluding hydrogens is 222 g/mol. The molecule has 0 saturated carbocycles. The average Bonchev–Trinajstić information content (AvgIpc) is 2.97. The molecule has 0 radical (unpaired) electrons. The Morgan fingerprint density at radius 3 is 3.00 bits per heavy atom. The van der Waals surface area contributed by atoms with Crippen LogP contribution in [0.4, 0.5) is 0 Å². The van der Waals surface area contributed by atoms with Crippen molar-refractivity contribution in [1.82, 2.24) is 15.1 Å². The minimum absolute atomic E-state index is 0.559. The van der Waals surface area contributed by atoms with E-state index >= 15 is 0 Å². The fourth-order valence-corrected chi connectivity index (χ4v) is 3.24. The fraction of sp³-hybridized carbons (Fsp3) is 0.400. The number of hydrogen-bond acceptors (Lipinski definition) is 2. The summed E-state index contributed by atoms with van der Waals surface area (Å²) in [5, 5.41) is 8.43. The van der Waals surface area contributed by atoms with Gasteiger partial charge in [-0.3, -0.25) is 4.68 Å². The SMILES string of the molecule is c1ccc(Cn2cc3c(n2)C[C@@H]2CC[C@@H]3N2)cc1. The summed E-state index contributed by atoms with van der Waals surface area (Å²) in [6.07, 6.45) is 5.92. The predicted octanol–water partition coefficient (Wildman–Crippen LogP) is 2.28. The number of benzene rings is 1. The van der Waals surface area contributed by atoms with Crippen molar-refractivity contribution in [2.75, 3.05) is 0 Å². The van der Waals surface area contributed by atoms with Crippen molar-refractivity contribution in [2.45, 2.75) is 37.9 Å². The Hall–Kier alpha value is -1.61. The summed E-state index contributed by atoms with van der Waals surface area (Å²) in [5.41, 5.74) is 4.06. The molecule has 0 unspecified atom stereocenters. The first-order valence-corrected chi connectivity index (χ1v) is 6.75. The molecule has 1 saturated heterocycles. The van der Waals surface area contributed by atoms with Crippen molar-refractivity contribution in [3.8, 4) is 0 Å². The summed E-state index contributed by atoms with van der Waals surface area (Å²) in [6, 6.07) is 11.8. The van der Waals surface area contributed by atoms with Crippen molar-refractivity contribution in [3.05, 3.63) is 53.3 Å². The minimum Gasteiger partial charge on any atom is -0.307 e. The van der Waals surface area contributed by atoms with Gasteiger partial charge in [0.25, 0.3) is 0 Å². The Morgan fingerprint density at radius 1 is 1.22 bits per heavy atom. The van der Waals surface area contributed by atoms with Crippen LogP contribution in [0.1, 0.15) is 35.7 Å². The molecule has 92 valence electrons. The van der Waals surface area contributed by atoms with E-state index in [9.17, 15) is 0 Å². The van der Waals surface area contributed by atoms with Crippen molar-refractivity contribution in [2.24, 2.45) is 0 Å². The van der Waals surface area contributed by atoms with Crippen molar-refractivity contribution in [1.29, 1.82) is 0 Å². The molecule has 2 bridgehead atoms. The van der Waals surface area contributed by atoms with Crippen LogP contribution < -0.4 is 5.32 Å². The molecule has 4 rings (SSSR count). The number of nitrogens with one attached hydrogen (secondary N) is 1. The first-order valence-electron chi connectivity index (χ1n) is 6.75. The van der Waals surface area contributed by atoms with Gasteiger partial charge >= 0.3 is 0 Å². The molecule has 2 aliphatic heterocycles. The molecule has 0 aliphatic carbocycles. The van der Waals surface area contributed by atoms with Crippen LogP contribution in [0.15, 0.2) is 36.5 Å². The van der Waals surface area contributed by atoms with Crippen LogP contribution in [0.2, 0.25) is 0 Å². The lowest BCUT2D eigenvalue weighted by Gasteiger charge is -2.19. The van der Waals surface area contributed by atoms with Crippen LogP contribution in [0, 0.1) is 0 Å². The zero-order chi connectivity index (χ0) is 11.9. The standard InChI is InChI=1S/C15H17N3/c1-2-4-11(5-3-1)9-18-10-13-14-7-6-12(16-14)8-15(13)17-18/h1-5,10,12,14,16H,6-9H2/t12-,14-/m0/s1. The highest BCUT2D eigenvalue weighted by Gasteiger charge is 2.34. The molecule has 3 heteroatoms. The van der Waals surface area contributed by atoms with Gasteiger partial charge in [0, 0.05) is 30.3 Å². The number of fused-ring (bicyclic) bond motifs is 4. The van der Waals surface area contributed by atoms with Gasteiger partial charge in [-0.2, -0.15) is 5.10 Å². The van der Waals surface area contributed by atoms with Crippen LogP contribution in [-0.2, 0) is 13.0 Å². The fourth-order valence-electron chi connectivity index (χ4n) is 3.24. The zero-order valence-corrected chi connectivity index (χ0v) is 10.3. The van der Waals surface area contributed by atoms with Gasteiger partial charge in [0.1, 0.15) is 0 Å². The molecule has 3 heterocycles. The normalized spacial score (nSPS) is 25.1. The van der Waals surface area contributed by atoms with Crippen molar-refractivity contribution < 1.29 is 0 Å². The summed E-state index contributed by atoms with van der Waals surface area (Å²) in [4.78, 5) is 0. The quantitative estimate of drug-likeness (QED) is 0.871. The van der Waals surface area contributed by atoms with E-state index in [0.717, 1.165) is 13.0 Å². The second kappa shape index (κ2) is 3.95. The summed E-state index contributed by atoms with van der Waals surface area (Å²) >= 11 is 0. The third-order valence-corrected chi connectivity index (χ3v) is 4.11. The highest BCUT2D eigenvalue weighted by Crippen LogP contribution is 2.35. The molecular formula is C15H17N3. The number of aromatic nitrogens is 2. The highest BCUT2D eigenvalue weighted by atomic mass is 15.3. The summed E-state index contributed by atoms with van der Waals surface area (Å²) < 4.78 is 2.10. The second-order valence-corrected chi connectivity index (χ2v) is 5.41.